The van der Waals surface area contributed by atoms with Crippen LogP contribution in [0.3, 0.4) is 0 Å². The average molecular weight is 210 g/mol. The molecule has 2 atom stereocenters. The summed E-state index contributed by atoms with van der Waals surface area (Å²) in [6, 6.07) is 0.0892. The zero-order valence-electron chi connectivity index (χ0n) is 9.97. The summed E-state index contributed by atoms with van der Waals surface area (Å²) < 4.78 is 0. The maximum absolute atomic E-state index is 11.5. The first-order valence-electron chi connectivity index (χ1n) is 5.62. The minimum Gasteiger partial charge on any atom is -0.342 e. The smallest absolute Gasteiger partial charge is 0.222 e. The van der Waals surface area contributed by atoms with Gasteiger partial charge in [-0.3, -0.25) is 4.79 Å². The van der Waals surface area contributed by atoms with Gasteiger partial charge in [-0.05, 0) is 19.9 Å². The summed E-state index contributed by atoms with van der Waals surface area (Å²) in [7, 11) is 0. The van der Waals surface area contributed by atoms with Crippen LogP contribution in [0.5, 0.6) is 0 Å². The van der Waals surface area contributed by atoms with Gasteiger partial charge in [-0.15, -0.1) is 6.42 Å². The highest BCUT2D eigenvalue weighted by molar-refractivity contribution is 5.77. The van der Waals surface area contributed by atoms with Gasteiger partial charge in [0.2, 0.25) is 5.91 Å². The van der Waals surface area contributed by atoms with Crippen LogP contribution in [0.2, 0.25) is 0 Å². The highest BCUT2D eigenvalue weighted by atomic mass is 16.1. The van der Waals surface area contributed by atoms with E-state index in [1.54, 1.807) is 0 Å². The van der Waals surface area contributed by atoms with E-state index in [9.17, 15) is 4.79 Å². The first-order chi connectivity index (χ1) is 7.13. The molecule has 3 heteroatoms. The number of carbonyl (C=O) groups is 1. The van der Waals surface area contributed by atoms with Crippen LogP contribution in [-0.4, -0.2) is 24.5 Å². The fourth-order valence-corrected chi connectivity index (χ4v) is 1.44. The molecule has 2 N–H and O–H groups in total. The molecule has 1 amide bonds. The lowest BCUT2D eigenvalue weighted by molar-refractivity contribution is -0.121. The zero-order chi connectivity index (χ0) is 11.7. The third-order valence-electron chi connectivity index (χ3n) is 2.16. The first kappa shape index (κ1) is 14.0. The normalized spacial score (nSPS) is 14.0. The van der Waals surface area contributed by atoms with Crippen LogP contribution in [0.15, 0.2) is 0 Å². The Hall–Kier alpha value is -1.01. The SMILES string of the molecule is C#CC(CCC)NC(=O)CC(C)NCC. The van der Waals surface area contributed by atoms with Crippen molar-refractivity contribution in [3.63, 3.8) is 0 Å². The molecular weight excluding hydrogens is 188 g/mol. The quantitative estimate of drug-likeness (QED) is 0.622. The Labute approximate surface area is 93.0 Å². The minimum atomic E-state index is -0.115. The molecule has 0 aliphatic heterocycles. The van der Waals surface area contributed by atoms with Crippen LogP contribution in [-0.2, 0) is 4.79 Å². The summed E-state index contributed by atoms with van der Waals surface area (Å²) in [5.41, 5.74) is 0. The molecule has 0 saturated carbocycles. The molecule has 0 aromatic rings. The van der Waals surface area contributed by atoms with Crippen molar-refractivity contribution in [3.05, 3.63) is 0 Å². The Balaban J connectivity index is 3.86. The monoisotopic (exact) mass is 210 g/mol. The first-order valence-corrected chi connectivity index (χ1v) is 5.62. The number of nitrogens with one attached hydrogen (secondary N) is 2. The Kier molecular flexibility index (Phi) is 7.75. The molecular formula is C12H22N2O. The number of terminal acetylenes is 1. The van der Waals surface area contributed by atoms with Crippen LogP contribution < -0.4 is 10.6 Å². The van der Waals surface area contributed by atoms with Gasteiger partial charge in [-0.1, -0.05) is 26.2 Å². The van der Waals surface area contributed by atoms with Crippen LogP contribution in [0, 0.1) is 12.3 Å². The van der Waals surface area contributed by atoms with E-state index in [2.05, 4.69) is 23.5 Å². The van der Waals surface area contributed by atoms with E-state index in [1.165, 1.54) is 0 Å². The van der Waals surface area contributed by atoms with Crippen molar-refractivity contribution in [1.82, 2.24) is 10.6 Å². The van der Waals surface area contributed by atoms with Crippen molar-refractivity contribution in [1.29, 1.82) is 0 Å². The van der Waals surface area contributed by atoms with Crippen molar-refractivity contribution in [3.8, 4) is 12.3 Å². The predicted octanol–water partition coefficient (Wildman–Crippen LogP) is 1.29. The number of rotatable bonds is 7. The highest BCUT2D eigenvalue weighted by Gasteiger charge is 2.11. The fraction of sp³-hybridized carbons (Fsp3) is 0.750. The molecule has 0 rings (SSSR count). The minimum absolute atomic E-state index is 0.0276. The van der Waals surface area contributed by atoms with Gasteiger partial charge in [0.15, 0.2) is 0 Å². The molecule has 86 valence electrons. The lowest BCUT2D eigenvalue weighted by Gasteiger charge is -2.15. The molecule has 0 aromatic heterocycles. The summed E-state index contributed by atoms with van der Waals surface area (Å²) >= 11 is 0. The Morgan fingerprint density at radius 3 is 2.60 bits per heavy atom. The van der Waals surface area contributed by atoms with E-state index in [4.69, 9.17) is 6.42 Å². The van der Waals surface area contributed by atoms with Crippen molar-refractivity contribution in [2.24, 2.45) is 0 Å². The number of hydrogen-bond acceptors (Lipinski definition) is 2. The Bertz CT molecular complexity index is 220. The molecule has 2 unspecified atom stereocenters. The van der Waals surface area contributed by atoms with Gasteiger partial charge >= 0.3 is 0 Å². The van der Waals surface area contributed by atoms with Crippen molar-refractivity contribution in [2.45, 2.75) is 52.1 Å². The van der Waals surface area contributed by atoms with Crippen molar-refractivity contribution < 1.29 is 4.79 Å². The van der Waals surface area contributed by atoms with Gasteiger partial charge in [-0.25, -0.2) is 0 Å². The lowest BCUT2D eigenvalue weighted by atomic mass is 10.1. The van der Waals surface area contributed by atoms with E-state index in [0.29, 0.717) is 6.42 Å². The van der Waals surface area contributed by atoms with Crippen LogP contribution in [0.25, 0.3) is 0 Å². The number of hydrogen-bond donors (Lipinski definition) is 2. The molecule has 0 aliphatic carbocycles. The number of amides is 1. The summed E-state index contributed by atoms with van der Waals surface area (Å²) in [4.78, 5) is 11.5. The maximum atomic E-state index is 11.5. The second-order valence-corrected chi connectivity index (χ2v) is 3.74. The molecule has 0 fully saturated rings. The lowest BCUT2D eigenvalue weighted by Crippen LogP contribution is -2.38. The van der Waals surface area contributed by atoms with Crippen LogP contribution >= 0.6 is 0 Å². The maximum Gasteiger partial charge on any atom is 0.222 e. The van der Waals surface area contributed by atoms with Gasteiger partial charge in [-0.2, -0.15) is 0 Å². The Morgan fingerprint density at radius 2 is 2.13 bits per heavy atom. The second kappa shape index (κ2) is 8.31. The molecule has 15 heavy (non-hydrogen) atoms. The van der Waals surface area contributed by atoms with E-state index in [0.717, 1.165) is 19.4 Å². The molecule has 0 aromatic carbocycles. The fourth-order valence-electron chi connectivity index (χ4n) is 1.44. The van der Waals surface area contributed by atoms with E-state index in [-0.39, 0.29) is 18.0 Å². The Morgan fingerprint density at radius 1 is 1.47 bits per heavy atom. The van der Waals surface area contributed by atoms with Gasteiger partial charge in [0.05, 0.1) is 6.04 Å². The van der Waals surface area contributed by atoms with Gasteiger partial charge in [0.25, 0.3) is 0 Å². The third kappa shape index (κ3) is 6.98. The largest absolute Gasteiger partial charge is 0.342 e. The van der Waals surface area contributed by atoms with Crippen LogP contribution in [0.1, 0.15) is 40.0 Å². The summed E-state index contributed by atoms with van der Waals surface area (Å²) in [6.45, 7) is 6.95. The highest BCUT2D eigenvalue weighted by Crippen LogP contribution is 1.97. The molecule has 3 nitrogen and oxygen atoms in total. The average Bonchev–Trinajstić information content (AvgIpc) is 2.17. The number of carbonyl (C=O) groups excluding carboxylic acids is 1. The van der Waals surface area contributed by atoms with E-state index >= 15 is 0 Å². The second-order valence-electron chi connectivity index (χ2n) is 3.74. The summed E-state index contributed by atoms with van der Waals surface area (Å²) in [5.74, 6) is 2.61. The van der Waals surface area contributed by atoms with Gasteiger partial charge in [0, 0.05) is 12.5 Å². The summed E-state index contributed by atoms with van der Waals surface area (Å²) in [5, 5.41) is 6.03. The molecule has 0 bridgehead atoms. The third-order valence-corrected chi connectivity index (χ3v) is 2.16. The van der Waals surface area contributed by atoms with E-state index < -0.39 is 0 Å². The summed E-state index contributed by atoms with van der Waals surface area (Å²) in [6.07, 6.45) is 7.63. The molecule has 0 saturated heterocycles. The predicted molar refractivity (Wildman–Crippen MR) is 63.4 cm³/mol. The van der Waals surface area contributed by atoms with Gasteiger partial charge in [0.1, 0.15) is 0 Å². The zero-order valence-corrected chi connectivity index (χ0v) is 9.97. The molecule has 0 heterocycles. The molecule has 0 aliphatic rings. The molecule has 0 radical (unpaired) electrons. The van der Waals surface area contributed by atoms with Crippen molar-refractivity contribution in [2.75, 3.05) is 6.54 Å². The van der Waals surface area contributed by atoms with Crippen molar-refractivity contribution >= 4 is 5.91 Å². The van der Waals surface area contributed by atoms with Gasteiger partial charge < -0.3 is 10.6 Å². The topological polar surface area (TPSA) is 41.1 Å². The van der Waals surface area contributed by atoms with Crippen LogP contribution in [0.4, 0.5) is 0 Å². The van der Waals surface area contributed by atoms with E-state index in [1.807, 2.05) is 13.8 Å². The standard InChI is InChI=1S/C12H22N2O/c1-5-8-11(6-2)14-12(15)9-10(4)13-7-3/h2,10-11,13H,5,7-9H2,1,3-4H3,(H,14,15). The molecule has 0 spiro atoms.